The molecule has 0 atom stereocenters. The first kappa shape index (κ1) is 10.7. The van der Waals surface area contributed by atoms with Gasteiger partial charge in [-0.1, -0.05) is 0 Å². The Bertz CT molecular complexity index is 29.5. The maximum atomic E-state index is 6.88. The van der Waals surface area contributed by atoms with Crippen LogP contribution in [0.1, 0.15) is 0 Å². The van der Waals surface area contributed by atoms with Crippen molar-refractivity contribution in [3.05, 3.63) is 0 Å². The number of aliphatic hydroxyl groups is 1. The molecule has 0 rings (SSSR count). The third kappa shape index (κ3) is 0.0971. The van der Waals surface area contributed by atoms with Crippen molar-refractivity contribution < 1.29 is 9.81 Å². The Balaban J connectivity index is 0. The summed E-state index contributed by atoms with van der Waals surface area (Å²) in [4.78, 5) is 0. The Morgan fingerprint density at radius 3 is 1.75 bits per heavy atom. The van der Waals surface area contributed by atoms with Crippen LogP contribution in [-0.4, -0.2) is 5.11 Å². The zero-order chi connectivity index (χ0) is 2.71. The predicted octanol–water partition coefficient (Wildman–Crippen LogP) is -0.00752. The third-order valence-corrected chi connectivity index (χ3v) is 0. The van der Waals surface area contributed by atoms with Crippen molar-refractivity contribution >= 4 is 0 Å². The summed E-state index contributed by atoms with van der Waals surface area (Å²) < 4.78 is 0. The number of halogens is 1. The Labute approximate surface area is 22.7 Å². The summed E-state index contributed by atoms with van der Waals surface area (Å²) in [6, 6.07) is 0. The second-order valence-corrected chi connectivity index (χ2v) is 0.100. The van der Waals surface area contributed by atoms with E-state index in [4.69, 9.17) is 10.4 Å². The van der Waals surface area contributed by atoms with Crippen molar-refractivity contribution in [3.8, 4) is 6.26 Å². The van der Waals surface area contributed by atoms with Crippen LogP contribution in [0.4, 0.5) is 4.70 Å². The minimum atomic E-state index is 0. The Kier molecular flexibility index (Phi) is 182. The molecule has 0 amide bonds. The van der Waals surface area contributed by atoms with Crippen molar-refractivity contribution in [2.24, 2.45) is 0 Å². The first-order valence-corrected chi connectivity index (χ1v) is 0.447. The average Bonchev–Trinajstić information content (AvgIpc) is 0.918. The smallest absolute Gasteiger partial charge is 0.283 e. The second-order valence-electron chi connectivity index (χ2n) is 0.100. The molecule has 0 saturated heterocycles. The predicted molar refractivity (Wildman–Crippen MR) is 10.1 cm³/mol. The lowest BCUT2D eigenvalue weighted by Crippen LogP contribution is -1.27. The molecule has 0 aliphatic rings. The van der Waals surface area contributed by atoms with Gasteiger partial charge < -0.3 is 5.11 Å². The molecule has 4 heavy (non-hydrogen) atoms. The lowest BCUT2D eigenvalue weighted by molar-refractivity contribution is 0.503. The number of aliphatic hydroxyl groups excluding tert-OH is 1. The highest BCUT2D eigenvalue weighted by Gasteiger charge is 1.16. The second kappa shape index (κ2) is 68.3. The molecule has 0 saturated carbocycles. The molecule has 0 aliphatic carbocycles. The molecule has 1 N–H and O–H groups in total. The van der Waals surface area contributed by atoms with E-state index in [9.17, 15) is 0 Å². The lowest BCUT2D eigenvalue weighted by atomic mass is 11.6. The summed E-state index contributed by atoms with van der Waals surface area (Å²) in [6.45, 7) is 0. The molecule has 0 spiro atoms. The van der Waals surface area contributed by atoms with Crippen LogP contribution in [0.25, 0.3) is 0 Å². The van der Waals surface area contributed by atoms with E-state index in [1.54, 1.807) is 0 Å². The van der Waals surface area contributed by atoms with Crippen LogP contribution in [0.2, 0.25) is 0 Å². The fourth-order valence-electron chi connectivity index (χ4n) is 0. The van der Waals surface area contributed by atoms with Gasteiger partial charge in [-0.25, -0.2) is 0 Å². The van der Waals surface area contributed by atoms with Crippen molar-refractivity contribution in [3.63, 3.8) is 0 Å². The maximum absolute atomic E-state index is 6.88. The van der Waals surface area contributed by atoms with Crippen molar-refractivity contribution in [2.45, 2.75) is 0 Å². The minimum absolute atomic E-state index is 0. The molecule has 24 valence electrons. The van der Waals surface area contributed by atoms with Gasteiger partial charge in [-0.2, -0.15) is 5.26 Å². The zero-order valence-electron chi connectivity index (χ0n) is 1.80. The zero-order valence-corrected chi connectivity index (χ0v) is 1.80. The van der Waals surface area contributed by atoms with Gasteiger partial charge in [0, 0.05) is 0 Å². The number of hydrogen-bond donors (Lipinski definition) is 1. The van der Waals surface area contributed by atoms with Crippen molar-refractivity contribution in [2.75, 3.05) is 0 Å². The number of hydrogen-bond acceptors (Lipinski definition) is 2. The summed E-state index contributed by atoms with van der Waals surface area (Å²) in [5.41, 5.74) is 0. The van der Waals surface area contributed by atoms with Crippen LogP contribution in [0.5, 0.6) is 0 Å². The first-order chi connectivity index (χ1) is 1.41. The third-order valence-electron chi connectivity index (χ3n) is 0. The molecule has 3 heteroatoms. The van der Waals surface area contributed by atoms with Gasteiger partial charge in [0.15, 0.2) is 0 Å². The fraction of sp³-hybridized carbons (Fsp3) is 0. The lowest BCUT2D eigenvalue weighted by Gasteiger charge is -1.25. The van der Waals surface area contributed by atoms with Gasteiger partial charge >= 0.3 is 0 Å². The molecular weight excluding hydrogens is 61.0 g/mol. The van der Waals surface area contributed by atoms with E-state index in [0.717, 1.165) is 6.26 Å². The molecule has 0 radical (unpaired) electrons. The van der Waals surface area contributed by atoms with Crippen LogP contribution < -0.4 is 0 Å². The van der Waals surface area contributed by atoms with Gasteiger partial charge in [0.05, 0.1) is 0 Å². The average molecular weight is 63.0 g/mol. The van der Waals surface area contributed by atoms with Gasteiger partial charge in [0.25, 0.3) is 6.26 Å². The first-order valence-electron chi connectivity index (χ1n) is 0.447. The molecule has 0 unspecified atom stereocenters. The molecule has 0 aromatic rings. The van der Waals surface area contributed by atoms with Crippen LogP contribution in [0.15, 0.2) is 0 Å². The van der Waals surface area contributed by atoms with Crippen molar-refractivity contribution in [1.82, 2.24) is 0 Å². The monoisotopic (exact) mass is 63.0 g/mol. The molecule has 0 bridgehead atoms. The number of rotatable bonds is 0. The van der Waals surface area contributed by atoms with Gasteiger partial charge in [-0.15, -0.1) is 0 Å². The van der Waals surface area contributed by atoms with Crippen LogP contribution in [-0.2, 0) is 0 Å². The molecule has 2 nitrogen and oxygen atoms in total. The van der Waals surface area contributed by atoms with Gasteiger partial charge in [-0.3, -0.25) is 4.70 Å². The molecule has 0 aromatic carbocycles. The highest BCUT2D eigenvalue weighted by atomic mass is 19.0. The van der Waals surface area contributed by atoms with Crippen LogP contribution in [0.3, 0.4) is 0 Å². The summed E-state index contributed by atoms with van der Waals surface area (Å²) >= 11 is 0. The normalized spacial score (nSPS) is 1.75. The van der Waals surface area contributed by atoms with E-state index in [0.29, 0.717) is 0 Å². The molecule has 0 heterocycles. The standard InChI is InChI=1S/CHNO.FH/c2-1-3;/h3H;1H. The highest BCUT2D eigenvalue weighted by molar-refractivity contribution is 4.30. The Morgan fingerprint density at radius 1 is 1.75 bits per heavy atom. The fourth-order valence-corrected chi connectivity index (χ4v) is 0. The largest absolute Gasteiger partial charge is 0.443 e. The molecule has 0 fully saturated rings. The quantitative estimate of drug-likeness (QED) is 0.402. The van der Waals surface area contributed by atoms with Gasteiger partial charge in [0.1, 0.15) is 0 Å². The highest BCUT2D eigenvalue weighted by Crippen LogP contribution is 1.06. The van der Waals surface area contributed by atoms with Crippen LogP contribution in [0, 0.1) is 11.5 Å². The van der Waals surface area contributed by atoms with Gasteiger partial charge in [0.2, 0.25) is 0 Å². The van der Waals surface area contributed by atoms with E-state index in [1.807, 2.05) is 0 Å². The number of nitriles is 1. The van der Waals surface area contributed by atoms with E-state index in [2.05, 4.69) is 0 Å². The number of nitrogens with zero attached hydrogens (tertiary/aromatic N) is 1. The summed E-state index contributed by atoms with van der Waals surface area (Å²) in [5, 5.41) is 13.8. The maximum Gasteiger partial charge on any atom is 0.283 e. The van der Waals surface area contributed by atoms with E-state index >= 15 is 0 Å². The van der Waals surface area contributed by atoms with E-state index < -0.39 is 0 Å². The van der Waals surface area contributed by atoms with Gasteiger partial charge in [-0.05, 0) is 0 Å². The molecule has 0 aliphatic heterocycles. The Morgan fingerprint density at radius 2 is 1.75 bits per heavy atom. The Hall–Kier alpha value is -0.780. The van der Waals surface area contributed by atoms with Crippen LogP contribution >= 0.6 is 0 Å². The topological polar surface area (TPSA) is 44.0 Å². The summed E-state index contributed by atoms with van der Waals surface area (Å²) in [7, 11) is 0. The van der Waals surface area contributed by atoms with E-state index in [-0.39, 0.29) is 4.70 Å². The summed E-state index contributed by atoms with van der Waals surface area (Å²) in [6.07, 6.45) is 0.750. The minimum Gasteiger partial charge on any atom is -0.443 e. The summed E-state index contributed by atoms with van der Waals surface area (Å²) in [5.74, 6) is 0. The van der Waals surface area contributed by atoms with Crippen molar-refractivity contribution in [1.29, 1.82) is 5.26 Å². The molecule has 0 aromatic heterocycles. The SMILES string of the molecule is F.N#CO. The molecular formula is CH2FNO. The van der Waals surface area contributed by atoms with E-state index in [1.165, 1.54) is 0 Å².